The van der Waals surface area contributed by atoms with Gasteiger partial charge in [0.2, 0.25) is 0 Å². The lowest BCUT2D eigenvalue weighted by molar-refractivity contribution is 0.258. The molecule has 0 spiro atoms. The molecule has 0 unspecified atom stereocenters. The van der Waals surface area contributed by atoms with Crippen LogP contribution in [0.3, 0.4) is 0 Å². The molecule has 146 valence electrons. The molecule has 1 aliphatic heterocycles. The van der Waals surface area contributed by atoms with Gasteiger partial charge in [0.25, 0.3) is 0 Å². The molecule has 1 aromatic heterocycles. The van der Waals surface area contributed by atoms with Crippen LogP contribution in [0.15, 0.2) is 47.6 Å². The molecular formula is C20H27ClIN5. The van der Waals surface area contributed by atoms with E-state index in [2.05, 4.69) is 49.8 Å². The van der Waals surface area contributed by atoms with Gasteiger partial charge in [0.15, 0.2) is 5.96 Å². The summed E-state index contributed by atoms with van der Waals surface area (Å²) in [5.74, 6) is 0.837. The fraction of sp³-hybridized carbons (Fsp3) is 0.400. The van der Waals surface area contributed by atoms with Gasteiger partial charge in [-0.05, 0) is 35.6 Å². The van der Waals surface area contributed by atoms with E-state index in [0.29, 0.717) is 5.15 Å². The fourth-order valence-corrected chi connectivity index (χ4v) is 3.29. The number of nitrogens with zero attached hydrogens (tertiary/aromatic N) is 3. The molecule has 1 aliphatic rings. The third-order valence-electron chi connectivity index (χ3n) is 4.65. The predicted molar refractivity (Wildman–Crippen MR) is 123 cm³/mol. The summed E-state index contributed by atoms with van der Waals surface area (Å²) in [4.78, 5) is 10.9. The topological polar surface area (TPSA) is 52.6 Å². The SMILES string of the molecule is CN=C(NCCc1ccc(Cl)nc1)NCCN1CCc2ccccc2C1.I. The fourth-order valence-electron chi connectivity index (χ4n) is 3.18. The lowest BCUT2D eigenvalue weighted by atomic mass is 10.00. The quantitative estimate of drug-likeness (QED) is 0.278. The van der Waals surface area contributed by atoms with Crippen LogP contribution in [0.1, 0.15) is 16.7 Å². The van der Waals surface area contributed by atoms with Crippen molar-refractivity contribution in [2.45, 2.75) is 19.4 Å². The highest BCUT2D eigenvalue weighted by molar-refractivity contribution is 14.0. The molecule has 0 amide bonds. The second-order valence-electron chi connectivity index (χ2n) is 6.46. The minimum atomic E-state index is 0. The highest BCUT2D eigenvalue weighted by atomic mass is 127. The van der Waals surface area contributed by atoms with Crippen molar-refractivity contribution < 1.29 is 0 Å². The molecule has 0 aliphatic carbocycles. The number of benzene rings is 1. The minimum absolute atomic E-state index is 0. The number of guanidine groups is 1. The van der Waals surface area contributed by atoms with E-state index in [1.54, 1.807) is 7.05 Å². The average Bonchev–Trinajstić information content (AvgIpc) is 2.68. The first-order valence-corrected chi connectivity index (χ1v) is 9.46. The molecule has 2 heterocycles. The zero-order valence-corrected chi connectivity index (χ0v) is 18.7. The molecule has 0 saturated heterocycles. The van der Waals surface area contributed by atoms with E-state index in [4.69, 9.17) is 11.6 Å². The van der Waals surface area contributed by atoms with Crippen LogP contribution < -0.4 is 10.6 Å². The lowest BCUT2D eigenvalue weighted by Gasteiger charge is -2.28. The van der Waals surface area contributed by atoms with Gasteiger partial charge in [-0.15, -0.1) is 24.0 Å². The summed E-state index contributed by atoms with van der Waals surface area (Å²) in [6, 6.07) is 12.6. The van der Waals surface area contributed by atoms with Gasteiger partial charge in [0, 0.05) is 46.0 Å². The lowest BCUT2D eigenvalue weighted by Crippen LogP contribution is -2.43. The van der Waals surface area contributed by atoms with Crippen molar-refractivity contribution in [1.82, 2.24) is 20.5 Å². The van der Waals surface area contributed by atoms with Gasteiger partial charge in [-0.1, -0.05) is 41.9 Å². The van der Waals surface area contributed by atoms with Crippen LogP contribution in [-0.2, 0) is 19.4 Å². The molecule has 0 saturated carbocycles. The van der Waals surface area contributed by atoms with E-state index in [0.717, 1.165) is 57.1 Å². The molecule has 5 nitrogen and oxygen atoms in total. The normalized spacial score (nSPS) is 14.2. The number of aliphatic imine (C=N–C) groups is 1. The van der Waals surface area contributed by atoms with Crippen molar-refractivity contribution in [2.24, 2.45) is 4.99 Å². The molecule has 0 atom stereocenters. The van der Waals surface area contributed by atoms with Crippen LogP contribution in [0.2, 0.25) is 5.15 Å². The monoisotopic (exact) mass is 499 g/mol. The molecular weight excluding hydrogens is 473 g/mol. The highest BCUT2D eigenvalue weighted by Crippen LogP contribution is 2.17. The van der Waals surface area contributed by atoms with Gasteiger partial charge in [-0.2, -0.15) is 0 Å². The van der Waals surface area contributed by atoms with Gasteiger partial charge in [-0.25, -0.2) is 4.98 Å². The number of halogens is 2. The first-order valence-electron chi connectivity index (χ1n) is 9.08. The summed E-state index contributed by atoms with van der Waals surface area (Å²) in [5, 5.41) is 7.27. The summed E-state index contributed by atoms with van der Waals surface area (Å²) < 4.78 is 0. The van der Waals surface area contributed by atoms with Crippen molar-refractivity contribution in [1.29, 1.82) is 0 Å². The Hall–Kier alpha value is -1.38. The maximum Gasteiger partial charge on any atom is 0.191 e. The molecule has 2 N–H and O–H groups in total. The Morgan fingerprint density at radius 3 is 2.67 bits per heavy atom. The Morgan fingerprint density at radius 1 is 1.15 bits per heavy atom. The van der Waals surface area contributed by atoms with Crippen molar-refractivity contribution in [3.05, 3.63) is 64.4 Å². The van der Waals surface area contributed by atoms with Crippen LogP contribution >= 0.6 is 35.6 Å². The zero-order chi connectivity index (χ0) is 18.2. The molecule has 0 bridgehead atoms. The largest absolute Gasteiger partial charge is 0.356 e. The molecule has 7 heteroatoms. The number of hydrogen-bond acceptors (Lipinski definition) is 3. The van der Waals surface area contributed by atoms with E-state index in [-0.39, 0.29) is 24.0 Å². The second kappa shape index (κ2) is 11.5. The van der Waals surface area contributed by atoms with Crippen molar-refractivity contribution in [3.63, 3.8) is 0 Å². The van der Waals surface area contributed by atoms with Gasteiger partial charge in [0.1, 0.15) is 5.15 Å². The predicted octanol–water partition coefficient (Wildman–Crippen LogP) is 3.12. The number of aromatic nitrogens is 1. The summed E-state index contributed by atoms with van der Waals surface area (Å²) in [7, 11) is 1.80. The van der Waals surface area contributed by atoms with Crippen LogP contribution in [-0.4, -0.2) is 49.1 Å². The van der Waals surface area contributed by atoms with E-state index in [1.165, 1.54) is 11.1 Å². The number of pyridine rings is 1. The van der Waals surface area contributed by atoms with E-state index >= 15 is 0 Å². The average molecular weight is 500 g/mol. The minimum Gasteiger partial charge on any atom is -0.356 e. The smallest absolute Gasteiger partial charge is 0.191 e. The van der Waals surface area contributed by atoms with Gasteiger partial charge >= 0.3 is 0 Å². The van der Waals surface area contributed by atoms with Gasteiger partial charge < -0.3 is 10.6 Å². The number of fused-ring (bicyclic) bond motifs is 1. The maximum absolute atomic E-state index is 5.81. The Morgan fingerprint density at radius 2 is 1.93 bits per heavy atom. The van der Waals surface area contributed by atoms with Crippen LogP contribution in [0.4, 0.5) is 0 Å². The zero-order valence-electron chi connectivity index (χ0n) is 15.6. The molecule has 0 fully saturated rings. The number of hydrogen-bond donors (Lipinski definition) is 2. The first-order chi connectivity index (χ1) is 12.7. The molecule has 1 aromatic carbocycles. The third kappa shape index (κ3) is 6.93. The molecule has 0 radical (unpaired) electrons. The van der Waals surface area contributed by atoms with Gasteiger partial charge in [-0.3, -0.25) is 9.89 Å². The Balaban J connectivity index is 0.00000261. The van der Waals surface area contributed by atoms with E-state index < -0.39 is 0 Å². The number of nitrogens with one attached hydrogen (secondary N) is 2. The Labute approximate surface area is 183 Å². The second-order valence-corrected chi connectivity index (χ2v) is 6.85. The molecule has 2 aromatic rings. The molecule has 27 heavy (non-hydrogen) atoms. The number of rotatable bonds is 6. The van der Waals surface area contributed by atoms with Crippen LogP contribution in [0, 0.1) is 0 Å². The van der Waals surface area contributed by atoms with Crippen LogP contribution in [0.5, 0.6) is 0 Å². The highest BCUT2D eigenvalue weighted by Gasteiger charge is 2.14. The first kappa shape index (κ1) is 21.9. The van der Waals surface area contributed by atoms with Crippen molar-refractivity contribution in [2.75, 3.05) is 33.2 Å². The summed E-state index contributed by atoms with van der Waals surface area (Å²) >= 11 is 5.81. The Bertz CT molecular complexity index is 735. The maximum atomic E-state index is 5.81. The summed E-state index contributed by atoms with van der Waals surface area (Å²) in [6.45, 7) is 4.85. The van der Waals surface area contributed by atoms with E-state index in [9.17, 15) is 0 Å². The summed E-state index contributed by atoms with van der Waals surface area (Å²) in [5.41, 5.74) is 4.10. The molecule has 3 rings (SSSR count). The van der Waals surface area contributed by atoms with Crippen molar-refractivity contribution >= 4 is 41.5 Å². The van der Waals surface area contributed by atoms with E-state index in [1.807, 2.05) is 18.3 Å². The van der Waals surface area contributed by atoms with Crippen molar-refractivity contribution in [3.8, 4) is 0 Å². The van der Waals surface area contributed by atoms with Gasteiger partial charge in [0.05, 0.1) is 0 Å². The summed E-state index contributed by atoms with van der Waals surface area (Å²) in [6.07, 6.45) is 3.83. The van der Waals surface area contributed by atoms with Crippen LogP contribution in [0.25, 0.3) is 0 Å². The Kier molecular flexibility index (Phi) is 9.30. The third-order valence-corrected chi connectivity index (χ3v) is 4.87. The standard InChI is InChI=1S/C20H26ClN5.HI/c1-22-20(23-10-8-16-6-7-19(21)25-14-16)24-11-13-26-12-9-17-4-2-3-5-18(17)15-26;/h2-7,14H,8-13,15H2,1H3,(H2,22,23,24);1H.